The molecule has 176 valence electrons. The van der Waals surface area contributed by atoms with Crippen LogP contribution in [0.3, 0.4) is 0 Å². The number of hydrogen-bond donors (Lipinski definition) is 2. The van der Waals surface area contributed by atoms with Crippen molar-refractivity contribution in [1.29, 1.82) is 5.26 Å². The molecular weight excluding hydrogens is 414 g/mol. The number of aliphatic hydroxyl groups excluding tert-OH is 1. The number of nitrogens with one attached hydrogen (secondary N) is 1. The number of piperidine rings is 1. The summed E-state index contributed by atoms with van der Waals surface area (Å²) in [6, 6.07) is 13.0. The van der Waals surface area contributed by atoms with Gasteiger partial charge in [-0.1, -0.05) is 37.3 Å². The van der Waals surface area contributed by atoms with E-state index in [-0.39, 0.29) is 6.61 Å². The number of rotatable bonds is 9. The van der Waals surface area contributed by atoms with E-state index >= 15 is 0 Å². The van der Waals surface area contributed by atoms with E-state index in [1.807, 2.05) is 0 Å². The summed E-state index contributed by atoms with van der Waals surface area (Å²) >= 11 is 0. The number of benzene rings is 1. The highest BCUT2D eigenvalue weighted by Crippen LogP contribution is 2.35. The Morgan fingerprint density at radius 2 is 1.94 bits per heavy atom. The van der Waals surface area contributed by atoms with Crippen molar-refractivity contribution in [3.63, 3.8) is 0 Å². The molecule has 0 aliphatic carbocycles. The number of hydrogen-bond acceptors (Lipinski definition) is 7. The van der Waals surface area contributed by atoms with E-state index in [1.165, 1.54) is 24.0 Å². The maximum Gasteiger partial charge on any atom is 0.146 e. The third-order valence-corrected chi connectivity index (χ3v) is 6.67. The second kappa shape index (κ2) is 11.5. The predicted molar refractivity (Wildman–Crippen MR) is 130 cm³/mol. The molecule has 0 saturated carbocycles. The van der Waals surface area contributed by atoms with Crippen LogP contribution in [0.25, 0.3) is 0 Å². The Morgan fingerprint density at radius 3 is 2.67 bits per heavy atom. The normalized spacial score (nSPS) is 16.9. The topological polar surface area (TPSA) is 84.6 Å². The summed E-state index contributed by atoms with van der Waals surface area (Å²) in [5, 5.41) is 22.3. The van der Waals surface area contributed by atoms with E-state index in [1.54, 1.807) is 0 Å². The fourth-order valence-corrected chi connectivity index (χ4v) is 4.79. The van der Waals surface area contributed by atoms with Crippen molar-refractivity contribution < 1.29 is 9.84 Å². The van der Waals surface area contributed by atoms with E-state index in [0.717, 1.165) is 56.4 Å². The summed E-state index contributed by atoms with van der Waals surface area (Å²) in [6.07, 6.45) is 3.18. The second-order valence-electron chi connectivity index (χ2n) is 9.11. The molecule has 7 nitrogen and oxygen atoms in total. The summed E-state index contributed by atoms with van der Waals surface area (Å²) in [4.78, 5) is 9.91. The third-order valence-electron chi connectivity index (χ3n) is 6.67. The van der Waals surface area contributed by atoms with E-state index in [4.69, 9.17) is 14.8 Å². The highest BCUT2D eigenvalue weighted by molar-refractivity contribution is 5.67. The van der Waals surface area contributed by atoms with E-state index in [0.29, 0.717) is 31.1 Å². The van der Waals surface area contributed by atoms with Crippen LogP contribution >= 0.6 is 0 Å². The van der Waals surface area contributed by atoms with Gasteiger partial charge in [0, 0.05) is 44.8 Å². The Balaban J connectivity index is 1.61. The summed E-state index contributed by atoms with van der Waals surface area (Å²) in [5.74, 6) is 2.44. The maximum absolute atomic E-state index is 10.0. The van der Waals surface area contributed by atoms with Gasteiger partial charge in [-0.3, -0.25) is 4.90 Å². The lowest BCUT2D eigenvalue weighted by atomic mass is 9.93. The maximum atomic E-state index is 10.0. The Morgan fingerprint density at radius 1 is 1.15 bits per heavy atom. The molecule has 1 fully saturated rings. The molecule has 7 heteroatoms. The Hall–Kier alpha value is -2.66. The van der Waals surface area contributed by atoms with Crippen LogP contribution in [-0.4, -0.2) is 61.0 Å². The highest BCUT2D eigenvalue weighted by atomic mass is 16.5. The first kappa shape index (κ1) is 23.5. The van der Waals surface area contributed by atoms with Crippen molar-refractivity contribution in [2.75, 3.05) is 56.2 Å². The predicted octanol–water partition coefficient (Wildman–Crippen LogP) is 3.17. The standard InChI is InChI=1S/C26H35N5O2/c1-20-7-12-31(13-8-20)26-24-19-30(18-21-5-3-2-4-6-21)11-9-22(24)23(17-27)25(29-26)28-10-15-33-16-14-32/h2-6,20,32H,7-16,18-19H2,1H3,(H,28,29). The van der Waals surface area contributed by atoms with Gasteiger partial charge in [0.25, 0.3) is 0 Å². The van der Waals surface area contributed by atoms with Crippen LogP contribution in [-0.2, 0) is 24.2 Å². The molecule has 2 aromatic rings. The van der Waals surface area contributed by atoms with Crippen LogP contribution < -0.4 is 10.2 Å². The average molecular weight is 450 g/mol. The van der Waals surface area contributed by atoms with Crippen molar-refractivity contribution in [2.45, 2.75) is 39.3 Å². The molecule has 0 amide bonds. The SMILES string of the molecule is CC1CCN(c2nc(NCCOCCO)c(C#N)c3c2CN(Cc2ccccc2)CC3)CC1. The molecule has 33 heavy (non-hydrogen) atoms. The first-order valence-corrected chi connectivity index (χ1v) is 12.1. The van der Waals surface area contributed by atoms with Crippen molar-refractivity contribution in [2.24, 2.45) is 5.92 Å². The van der Waals surface area contributed by atoms with Gasteiger partial charge in [-0.2, -0.15) is 5.26 Å². The van der Waals surface area contributed by atoms with Crippen molar-refractivity contribution >= 4 is 11.6 Å². The highest BCUT2D eigenvalue weighted by Gasteiger charge is 2.29. The van der Waals surface area contributed by atoms with Crippen molar-refractivity contribution in [3.05, 3.63) is 52.6 Å². The van der Waals surface area contributed by atoms with Crippen LogP contribution in [0.15, 0.2) is 30.3 Å². The zero-order valence-electron chi connectivity index (χ0n) is 19.6. The largest absolute Gasteiger partial charge is 0.394 e. The average Bonchev–Trinajstić information content (AvgIpc) is 2.84. The molecule has 0 spiro atoms. The zero-order valence-corrected chi connectivity index (χ0v) is 19.6. The Kier molecular flexibility index (Phi) is 8.16. The fourth-order valence-electron chi connectivity index (χ4n) is 4.79. The van der Waals surface area contributed by atoms with Crippen molar-refractivity contribution in [1.82, 2.24) is 9.88 Å². The van der Waals surface area contributed by atoms with Crippen LogP contribution in [0, 0.1) is 17.2 Å². The van der Waals surface area contributed by atoms with Gasteiger partial charge in [-0.15, -0.1) is 0 Å². The van der Waals surface area contributed by atoms with Gasteiger partial charge in [0.1, 0.15) is 17.7 Å². The summed E-state index contributed by atoms with van der Waals surface area (Å²) in [6.45, 7) is 8.32. The number of aliphatic hydroxyl groups is 1. The molecule has 0 atom stereocenters. The molecule has 4 rings (SSSR count). The van der Waals surface area contributed by atoms with Crippen LogP contribution in [0.2, 0.25) is 0 Å². The van der Waals surface area contributed by atoms with Crippen LogP contribution in [0.4, 0.5) is 11.6 Å². The first-order chi connectivity index (χ1) is 16.2. The minimum Gasteiger partial charge on any atom is -0.394 e. The van der Waals surface area contributed by atoms with Gasteiger partial charge in [-0.25, -0.2) is 4.98 Å². The number of ether oxygens (including phenoxy) is 1. The number of anilines is 2. The molecular formula is C26H35N5O2. The van der Waals surface area contributed by atoms with Gasteiger partial charge < -0.3 is 20.1 Å². The molecule has 1 saturated heterocycles. The first-order valence-electron chi connectivity index (χ1n) is 12.1. The third kappa shape index (κ3) is 5.83. The molecule has 2 N–H and O–H groups in total. The smallest absolute Gasteiger partial charge is 0.146 e. The summed E-state index contributed by atoms with van der Waals surface area (Å²) in [7, 11) is 0. The van der Waals surface area contributed by atoms with Gasteiger partial charge in [-0.05, 0) is 36.3 Å². The van der Waals surface area contributed by atoms with Gasteiger partial charge in [0.2, 0.25) is 0 Å². The molecule has 1 aromatic heterocycles. The van der Waals surface area contributed by atoms with E-state index in [2.05, 4.69) is 58.4 Å². The van der Waals surface area contributed by atoms with E-state index < -0.39 is 0 Å². The zero-order chi connectivity index (χ0) is 23.0. The summed E-state index contributed by atoms with van der Waals surface area (Å²) in [5.41, 5.74) is 4.33. The van der Waals surface area contributed by atoms with Crippen LogP contribution in [0.1, 0.15) is 42.0 Å². The van der Waals surface area contributed by atoms with Crippen LogP contribution in [0.5, 0.6) is 0 Å². The Labute approximate surface area is 197 Å². The quantitative estimate of drug-likeness (QED) is 0.569. The Bertz CT molecular complexity index is 951. The molecule has 2 aliphatic rings. The molecule has 3 heterocycles. The molecule has 0 radical (unpaired) electrons. The fraction of sp³-hybridized carbons (Fsp3) is 0.538. The minimum atomic E-state index is 0.0115. The second-order valence-corrected chi connectivity index (χ2v) is 9.11. The lowest BCUT2D eigenvalue weighted by molar-refractivity contribution is 0.0992. The molecule has 0 unspecified atom stereocenters. The molecule has 1 aromatic carbocycles. The number of nitrogens with zero attached hydrogens (tertiary/aromatic N) is 4. The monoisotopic (exact) mass is 449 g/mol. The number of nitriles is 1. The van der Waals surface area contributed by atoms with Gasteiger partial charge >= 0.3 is 0 Å². The lowest BCUT2D eigenvalue weighted by Crippen LogP contribution is -2.37. The summed E-state index contributed by atoms with van der Waals surface area (Å²) < 4.78 is 5.38. The van der Waals surface area contributed by atoms with Gasteiger partial charge in [0.15, 0.2) is 0 Å². The number of aromatic nitrogens is 1. The lowest BCUT2D eigenvalue weighted by Gasteiger charge is -2.37. The van der Waals surface area contributed by atoms with E-state index in [9.17, 15) is 5.26 Å². The van der Waals surface area contributed by atoms with Gasteiger partial charge in [0.05, 0.1) is 25.4 Å². The number of pyridine rings is 1. The molecule has 0 bridgehead atoms. The molecule has 2 aliphatic heterocycles. The number of fused-ring (bicyclic) bond motifs is 1. The van der Waals surface area contributed by atoms with Crippen molar-refractivity contribution in [3.8, 4) is 6.07 Å². The minimum absolute atomic E-state index is 0.0115.